The smallest absolute Gasteiger partial charge is 0.311 e. The van der Waals surface area contributed by atoms with Crippen molar-refractivity contribution in [3.05, 3.63) is 51.0 Å². The number of rotatable bonds is 7. The Balaban J connectivity index is 1.98. The molecule has 132 valence electrons. The number of carbonyl (C=O) groups excluding carboxylic acids is 2. The molecule has 1 heterocycles. The third kappa shape index (κ3) is 5.08. The first-order chi connectivity index (χ1) is 11.9. The quantitative estimate of drug-likeness (QED) is 0.460. The van der Waals surface area contributed by atoms with Crippen LogP contribution in [0.25, 0.3) is 0 Å². The lowest BCUT2D eigenvalue weighted by molar-refractivity contribution is -0.384. The summed E-state index contributed by atoms with van der Waals surface area (Å²) < 4.78 is 4.85. The number of hydrogen-bond donors (Lipinski definition) is 1. The fourth-order valence-electron chi connectivity index (χ4n) is 2.06. The van der Waals surface area contributed by atoms with Crippen LogP contribution < -0.4 is 5.32 Å². The molecule has 1 aromatic heterocycles. The lowest BCUT2D eigenvalue weighted by Gasteiger charge is -2.10. The van der Waals surface area contributed by atoms with Crippen LogP contribution in [0.2, 0.25) is 0 Å². The molecule has 0 saturated carbocycles. The van der Waals surface area contributed by atoms with Gasteiger partial charge in [-0.15, -0.1) is 11.3 Å². The summed E-state index contributed by atoms with van der Waals surface area (Å²) in [5.41, 5.74) is 1.16. The van der Waals surface area contributed by atoms with Crippen molar-refractivity contribution in [2.75, 3.05) is 11.9 Å². The van der Waals surface area contributed by atoms with Gasteiger partial charge in [-0.25, -0.2) is 4.98 Å². The molecule has 0 aliphatic heterocycles. The number of nitrogens with zero attached hydrogens (tertiary/aromatic N) is 2. The maximum absolute atomic E-state index is 12.3. The van der Waals surface area contributed by atoms with Gasteiger partial charge < -0.3 is 10.1 Å². The second-order valence-corrected chi connectivity index (χ2v) is 6.04. The molecule has 9 heteroatoms. The number of benzene rings is 1. The first-order valence-corrected chi connectivity index (χ1v) is 8.44. The fraction of sp³-hybridized carbons (Fsp3) is 0.312. The lowest BCUT2D eigenvalue weighted by atomic mass is 10.0. The van der Waals surface area contributed by atoms with Crippen molar-refractivity contribution in [2.45, 2.75) is 26.2 Å². The number of anilines is 1. The number of nitro benzene ring substituents is 1. The highest BCUT2D eigenvalue weighted by Crippen LogP contribution is 2.22. The number of ether oxygens (including phenoxy) is 1. The molecule has 0 spiro atoms. The van der Waals surface area contributed by atoms with Crippen molar-refractivity contribution >= 4 is 34.0 Å². The van der Waals surface area contributed by atoms with Crippen LogP contribution in [0.5, 0.6) is 0 Å². The molecule has 8 nitrogen and oxygen atoms in total. The zero-order chi connectivity index (χ0) is 18.4. The minimum atomic E-state index is -0.502. The Kier molecular flexibility index (Phi) is 6.18. The molecular weight excluding hydrogens is 346 g/mol. The molecule has 2 rings (SSSR count). The van der Waals surface area contributed by atoms with Crippen LogP contribution in [0.3, 0.4) is 0 Å². The Bertz CT molecular complexity index is 772. The SMILES string of the molecule is CCOC(=O)Cc1csc(NC(=O)[C@H](C)c2ccc([N+](=O)[O-])cc2)n1. The van der Waals surface area contributed by atoms with Crippen molar-refractivity contribution in [1.29, 1.82) is 0 Å². The first-order valence-electron chi connectivity index (χ1n) is 7.56. The van der Waals surface area contributed by atoms with E-state index in [0.29, 0.717) is 23.0 Å². The predicted molar refractivity (Wildman–Crippen MR) is 92.6 cm³/mol. The van der Waals surface area contributed by atoms with E-state index in [0.717, 1.165) is 0 Å². The largest absolute Gasteiger partial charge is 0.466 e. The molecule has 0 bridgehead atoms. The minimum Gasteiger partial charge on any atom is -0.466 e. The Hall–Kier alpha value is -2.81. The summed E-state index contributed by atoms with van der Waals surface area (Å²) in [6.07, 6.45) is 0.0537. The number of non-ortho nitro benzene ring substituents is 1. The molecule has 1 aromatic carbocycles. The summed E-state index contributed by atoms with van der Waals surface area (Å²) in [7, 11) is 0. The second kappa shape index (κ2) is 8.34. The molecule has 25 heavy (non-hydrogen) atoms. The highest BCUT2D eigenvalue weighted by molar-refractivity contribution is 7.13. The molecule has 0 radical (unpaired) electrons. The highest BCUT2D eigenvalue weighted by atomic mass is 32.1. The van der Waals surface area contributed by atoms with Crippen LogP contribution in [0.1, 0.15) is 31.0 Å². The second-order valence-electron chi connectivity index (χ2n) is 5.19. The van der Waals surface area contributed by atoms with Crippen LogP contribution in [-0.4, -0.2) is 28.4 Å². The highest BCUT2D eigenvalue weighted by Gasteiger charge is 2.18. The van der Waals surface area contributed by atoms with Crippen molar-refractivity contribution in [3.63, 3.8) is 0 Å². The van der Waals surface area contributed by atoms with E-state index in [9.17, 15) is 19.7 Å². The van der Waals surface area contributed by atoms with Gasteiger partial charge in [0, 0.05) is 17.5 Å². The summed E-state index contributed by atoms with van der Waals surface area (Å²) in [5, 5.41) is 15.4. The summed E-state index contributed by atoms with van der Waals surface area (Å²) in [6, 6.07) is 5.83. The van der Waals surface area contributed by atoms with Crippen molar-refractivity contribution in [1.82, 2.24) is 4.98 Å². The molecule has 0 saturated heterocycles. The molecule has 0 fully saturated rings. The number of nitro groups is 1. The van der Waals surface area contributed by atoms with Gasteiger partial charge in [0.1, 0.15) is 0 Å². The molecule has 1 N–H and O–H groups in total. The predicted octanol–water partition coefficient (Wildman–Crippen LogP) is 2.90. The van der Waals surface area contributed by atoms with Crippen LogP contribution in [-0.2, 0) is 20.7 Å². The van der Waals surface area contributed by atoms with Gasteiger partial charge in [-0.3, -0.25) is 19.7 Å². The van der Waals surface area contributed by atoms with Gasteiger partial charge in [0.05, 0.1) is 29.6 Å². The number of thiazole rings is 1. The number of hydrogen-bond acceptors (Lipinski definition) is 7. The van der Waals surface area contributed by atoms with Gasteiger partial charge in [-0.2, -0.15) is 0 Å². The van der Waals surface area contributed by atoms with Gasteiger partial charge in [-0.1, -0.05) is 12.1 Å². The van der Waals surface area contributed by atoms with E-state index in [-0.39, 0.29) is 24.0 Å². The monoisotopic (exact) mass is 363 g/mol. The van der Waals surface area contributed by atoms with Crippen molar-refractivity contribution in [2.24, 2.45) is 0 Å². The first kappa shape index (κ1) is 18.5. The number of carbonyl (C=O) groups is 2. The van der Waals surface area contributed by atoms with E-state index in [1.807, 2.05) is 0 Å². The number of aromatic nitrogens is 1. The topological polar surface area (TPSA) is 111 Å². The molecule has 1 amide bonds. The molecular formula is C16H17N3O5S. The van der Waals surface area contributed by atoms with Gasteiger partial charge in [-0.05, 0) is 19.4 Å². The van der Waals surface area contributed by atoms with Gasteiger partial charge in [0.25, 0.3) is 5.69 Å². The third-order valence-electron chi connectivity index (χ3n) is 3.41. The van der Waals surface area contributed by atoms with E-state index in [4.69, 9.17) is 4.74 Å². The van der Waals surface area contributed by atoms with Crippen LogP contribution >= 0.6 is 11.3 Å². The number of amides is 1. The zero-order valence-electron chi connectivity index (χ0n) is 13.7. The maximum Gasteiger partial charge on any atom is 0.311 e. The molecule has 0 unspecified atom stereocenters. The number of nitrogens with one attached hydrogen (secondary N) is 1. The van der Waals surface area contributed by atoms with Crippen LogP contribution in [0, 0.1) is 10.1 Å². The van der Waals surface area contributed by atoms with E-state index in [2.05, 4.69) is 10.3 Å². The molecule has 2 aromatic rings. The fourth-order valence-corrected chi connectivity index (χ4v) is 2.77. The minimum absolute atomic E-state index is 0.0279. The van der Waals surface area contributed by atoms with E-state index in [1.54, 1.807) is 31.4 Å². The van der Waals surface area contributed by atoms with E-state index in [1.165, 1.54) is 23.5 Å². The standard InChI is InChI=1S/C16H17N3O5S/c1-3-24-14(20)8-12-9-25-16(17-12)18-15(21)10(2)11-4-6-13(7-5-11)19(22)23/h4-7,9-10H,3,8H2,1-2H3,(H,17,18,21)/t10-/m1/s1. The summed E-state index contributed by atoms with van der Waals surface area (Å²) >= 11 is 1.22. The third-order valence-corrected chi connectivity index (χ3v) is 4.22. The van der Waals surface area contributed by atoms with Gasteiger partial charge in [0.15, 0.2) is 5.13 Å². The molecule has 0 aliphatic rings. The Morgan fingerprint density at radius 2 is 2.04 bits per heavy atom. The van der Waals surface area contributed by atoms with Crippen molar-refractivity contribution < 1.29 is 19.2 Å². The molecule has 0 aliphatic carbocycles. The Morgan fingerprint density at radius 1 is 1.36 bits per heavy atom. The summed E-state index contributed by atoms with van der Waals surface area (Å²) in [5.74, 6) is -1.16. The Labute approximate surface area is 148 Å². The van der Waals surface area contributed by atoms with E-state index >= 15 is 0 Å². The van der Waals surface area contributed by atoms with Gasteiger partial charge >= 0.3 is 5.97 Å². The number of esters is 1. The molecule has 1 atom stereocenters. The Morgan fingerprint density at radius 3 is 2.64 bits per heavy atom. The zero-order valence-corrected chi connectivity index (χ0v) is 14.5. The van der Waals surface area contributed by atoms with Gasteiger partial charge in [0.2, 0.25) is 5.91 Å². The summed E-state index contributed by atoms with van der Waals surface area (Å²) in [4.78, 5) is 38.1. The van der Waals surface area contributed by atoms with Crippen molar-refractivity contribution in [3.8, 4) is 0 Å². The van der Waals surface area contributed by atoms with Crippen LogP contribution in [0.15, 0.2) is 29.6 Å². The normalized spacial score (nSPS) is 11.6. The van der Waals surface area contributed by atoms with Crippen LogP contribution in [0.4, 0.5) is 10.8 Å². The maximum atomic E-state index is 12.3. The average molecular weight is 363 g/mol. The lowest BCUT2D eigenvalue weighted by Crippen LogP contribution is -2.18. The average Bonchev–Trinajstić information content (AvgIpc) is 3.01. The summed E-state index contributed by atoms with van der Waals surface area (Å²) in [6.45, 7) is 3.73. The van der Waals surface area contributed by atoms with E-state index < -0.39 is 10.8 Å².